The first-order chi connectivity index (χ1) is 10.1. The third-order valence-electron chi connectivity index (χ3n) is 4.77. The van der Waals surface area contributed by atoms with Crippen LogP contribution in [0, 0.1) is 0 Å². The summed E-state index contributed by atoms with van der Waals surface area (Å²) < 4.78 is 0. The highest BCUT2D eigenvalue weighted by Crippen LogP contribution is 2.28. The first-order valence-corrected chi connectivity index (χ1v) is 8.34. The predicted octanol–water partition coefficient (Wildman–Crippen LogP) is 0.422. The van der Waals surface area contributed by atoms with E-state index in [-0.39, 0.29) is 5.91 Å². The van der Waals surface area contributed by atoms with Crippen LogP contribution < -0.4 is 11.5 Å². The summed E-state index contributed by atoms with van der Waals surface area (Å²) in [7, 11) is 2.08. The Morgan fingerprint density at radius 2 is 2.19 bits per heavy atom. The highest BCUT2D eigenvalue weighted by Gasteiger charge is 2.33. The zero-order valence-corrected chi connectivity index (χ0v) is 13.2. The third kappa shape index (κ3) is 2.90. The molecule has 116 valence electrons. The Bertz CT molecular complexity index is 531. The van der Waals surface area contributed by atoms with Crippen LogP contribution in [0.15, 0.2) is 0 Å². The Labute approximate surface area is 129 Å². The lowest BCUT2D eigenvalue weighted by Crippen LogP contribution is -2.42. The molecule has 0 bridgehead atoms. The SMILES string of the molecule is CN1[C@@H](CN)CC[C@H]1CC(=O)N1CCc2nc(N)sc2C1. The van der Waals surface area contributed by atoms with Crippen molar-refractivity contribution in [1.82, 2.24) is 14.8 Å². The number of likely N-dealkylation sites (tertiary alicyclic amines) is 1. The molecule has 1 fully saturated rings. The number of rotatable bonds is 3. The van der Waals surface area contributed by atoms with Crippen molar-refractivity contribution in [1.29, 1.82) is 0 Å². The molecule has 0 unspecified atom stereocenters. The zero-order valence-electron chi connectivity index (χ0n) is 12.4. The average Bonchev–Trinajstić information content (AvgIpc) is 3.00. The van der Waals surface area contributed by atoms with Gasteiger partial charge >= 0.3 is 0 Å². The molecular weight excluding hydrogens is 286 g/mol. The lowest BCUT2D eigenvalue weighted by Gasteiger charge is -2.29. The van der Waals surface area contributed by atoms with Crippen molar-refractivity contribution in [2.75, 3.05) is 25.9 Å². The van der Waals surface area contributed by atoms with Crippen LogP contribution in [0.2, 0.25) is 0 Å². The van der Waals surface area contributed by atoms with E-state index in [0.29, 0.717) is 36.7 Å². The third-order valence-corrected chi connectivity index (χ3v) is 5.68. The largest absolute Gasteiger partial charge is 0.375 e. The first-order valence-electron chi connectivity index (χ1n) is 7.52. The summed E-state index contributed by atoms with van der Waals surface area (Å²) in [6.07, 6.45) is 3.58. The van der Waals surface area contributed by atoms with E-state index in [4.69, 9.17) is 11.5 Å². The van der Waals surface area contributed by atoms with Gasteiger partial charge < -0.3 is 16.4 Å². The van der Waals surface area contributed by atoms with Crippen molar-refractivity contribution in [2.24, 2.45) is 5.73 Å². The maximum absolute atomic E-state index is 12.5. The highest BCUT2D eigenvalue weighted by molar-refractivity contribution is 7.15. The molecule has 1 aromatic heterocycles. The first kappa shape index (κ1) is 14.7. The van der Waals surface area contributed by atoms with Gasteiger partial charge in [0.15, 0.2) is 5.13 Å². The van der Waals surface area contributed by atoms with E-state index in [1.54, 1.807) is 0 Å². The van der Waals surface area contributed by atoms with E-state index in [0.717, 1.165) is 36.4 Å². The molecule has 3 rings (SSSR count). The number of anilines is 1. The number of nitrogens with two attached hydrogens (primary N) is 2. The topological polar surface area (TPSA) is 88.5 Å². The molecule has 0 saturated carbocycles. The number of fused-ring (bicyclic) bond motifs is 1. The van der Waals surface area contributed by atoms with Crippen molar-refractivity contribution in [3.05, 3.63) is 10.6 Å². The molecule has 2 aliphatic heterocycles. The molecule has 1 aromatic rings. The fourth-order valence-electron chi connectivity index (χ4n) is 3.38. The average molecular weight is 309 g/mol. The van der Waals surface area contributed by atoms with Gasteiger partial charge in [-0.3, -0.25) is 9.69 Å². The van der Waals surface area contributed by atoms with Crippen molar-refractivity contribution < 1.29 is 4.79 Å². The summed E-state index contributed by atoms with van der Waals surface area (Å²) in [6.45, 7) is 2.10. The molecule has 21 heavy (non-hydrogen) atoms. The van der Waals surface area contributed by atoms with Crippen molar-refractivity contribution >= 4 is 22.4 Å². The van der Waals surface area contributed by atoms with Gasteiger partial charge in [0.25, 0.3) is 0 Å². The maximum Gasteiger partial charge on any atom is 0.224 e. The lowest BCUT2D eigenvalue weighted by atomic mass is 10.1. The maximum atomic E-state index is 12.5. The quantitative estimate of drug-likeness (QED) is 0.845. The van der Waals surface area contributed by atoms with Crippen LogP contribution in [0.3, 0.4) is 0 Å². The van der Waals surface area contributed by atoms with Crippen LogP contribution in [0.5, 0.6) is 0 Å². The number of amides is 1. The molecule has 2 aliphatic rings. The molecule has 0 radical (unpaired) electrons. The van der Waals surface area contributed by atoms with Gasteiger partial charge in [-0.15, -0.1) is 11.3 Å². The number of hydrogen-bond acceptors (Lipinski definition) is 6. The van der Waals surface area contributed by atoms with Crippen LogP contribution >= 0.6 is 11.3 Å². The predicted molar refractivity (Wildman–Crippen MR) is 83.9 cm³/mol. The number of carbonyl (C=O) groups excluding carboxylic acids is 1. The fraction of sp³-hybridized carbons (Fsp3) is 0.714. The van der Waals surface area contributed by atoms with Gasteiger partial charge in [0.1, 0.15) is 0 Å². The molecule has 0 spiro atoms. The fourth-order valence-corrected chi connectivity index (χ4v) is 4.27. The second-order valence-corrected chi connectivity index (χ2v) is 7.09. The number of hydrogen-bond donors (Lipinski definition) is 2. The van der Waals surface area contributed by atoms with E-state index in [2.05, 4.69) is 16.9 Å². The van der Waals surface area contributed by atoms with Gasteiger partial charge in [0, 0.05) is 42.9 Å². The van der Waals surface area contributed by atoms with Gasteiger partial charge in [-0.05, 0) is 19.9 Å². The number of nitrogens with zero attached hydrogens (tertiary/aromatic N) is 3. The standard InChI is InChI=1S/C14H23N5OS/c1-18-9(2-3-10(18)7-15)6-13(20)19-5-4-11-12(8-19)21-14(16)17-11/h9-10H,2-8,15H2,1H3,(H2,16,17)/t9-,10+/m0/s1. The molecule has 2 atom stereocenters. The Hall–Kier alpha value is -1.18. The Morgan fingerprint density at radius 1 is 1.43 bits per heavy atom. The van der Waals surface area contributed by atoms with E-state index in [9.17, 15) is 4.79 Å². The van der Waals surface area contributed by atoms with E-state index in [1.165, 1.54) is 11.3 Å². The molecule has 0 aliphatic carbocycles. The number of aromatic nitrogens is 1. The van der Waals surface area contributed by atoms with E-state index in [1.807, 2.05) is 4.90 Å². The molecule has 3 heterocycles. The Morgan fingerprint density at radius 3 is 2.90 bits per heavy atom. The van der Waals surface area contributed by atoms with Crippen LogP contribution in [0.25, 0.3) is 0 Å². The summed E-state index contributed by atoms with van der Waals surface area (Å²) in [4.78, 5) is 22.2. The molecule has 1 saturated heterocycles. The number of nitrogen functional groups attached to an aromatic ring is 1. The van der Waals surface area contributed by atoms with Crippen LogP contribution in [-0.4, -0.2) is 52.9 Å². The van der Waals surface area contributed by atoms with Crippen LogP contribution in [0.4, 0.5) is 5.13 Å². The summed E-state index contributed by atoms with van der Waals surface area (Å²) in [5, 5.41) is 0.607. The Kier molecular flexibility index (Phi) is 4.14. The number of thiazole rings is 1. The summed E-state index contributed by atoms with van der Waals surface area (Å²) >= 11 is 1.50. The molecule has 6 nitrogen and oxygen atoms in total. The normalized spacial score (nSPS) is 26.1. The Balaban J connectivity index is 1.60. The molecular formula is C14H23N5OS. The van der Waals surface area contributed by atoms with Crippen LogP contribution in [0.1, 0.15) is 29.8 Å². The molecule has 1 amide bonds. The van der Waals surface area contributed by atoms with E-state index >= 15 is 0 Å². The minimum absolute atomic E-state index is 0.238. The second kappa shape index (κ2) is 5.90. The summed E-state index contributed by atoms with van der Waals surface area (Å²) in [5.74, 6) is 0.238. The highest BCUT2D eigenvalue weighted by atomic mass is 32.1. The van der Waals surface area contributed by atoms with Crippen molar-refractivity contribution in [3.8, 4) is 0 Å². The van der Waals surface area contributed by atoms with Crippen molar-refractivity contribution in [3.63, 3.8) is 0 Å². The van der Waals surface area contributed by atoms with Crippen LogP contribution in [-0.2, 0) is 17.8 Å². The second-order valence-electron chi connectivity index (χ2n) is 5.98. The van der Waals surface area contributed by atoms with Gasteiger partial charge in [-0.1, -0.05) is 0 Å². The smallest absolute Gasteiger partial charge is 0.224 e. The van der Waals surface area contributed by atoms with Gasteiger partial charge in [0.05, 0.1) is 12.2 Å². The lowest BCUT2D eigenvalue weighted by molar-refractivity contribution is -0.133. The zero-order chi connectivity index (χ0) is 15.0. The van der Waals surface area contributed by atoms with E-state index < -0.39 is 0 Å². The van der Waals surface area contributed by atoms with Gasteiger partial charge in [0.2, 0.25) is 5.91 Å². The number of likely N-dealkylation sites (N-methyl/N-ethyl adjacent to an activating group) is 1. The molecule has 0 aromatic carbocycles. The van der Waals surface area contributed by atoms with Gasteiger partial charge in [-0.25, -0.2) is 4.98 Å². The summed E-state index contributed by atoms with van der Waals surface area (Å²) in [6, 6.07) is 0.760. The summed E-state index contributed by atoms with van der Waals surface area (Å²) in [5.41, 5.74) is 12.6. The van der Waals surface area contributed by atoms with Gasteiger partial charge in [-0.2, -0.15) is 0 Å². The molecule has 7 heteroatoms. The minimum Gasteiger partial charge on any atom is -0.375 e. The number of carbonyl (C=O) groups is 1. The van der Waals surface area contributed by atoms with Crippen molar-refractivity contribution in [2.45, 2.75) is 44.3 Å². The molecule has 4 N–H and O–H groups in total. The minimum atomic E-state index is 0.238. The monoisotopic (exact) mass is 309 g/mol.